The number of carboxylic acids is 1. The number of aromatic carboxylic acids is 1. The molecule has 1 heterocycles. The zero-order valence-electron chi connectivity index (χ0n) is 11.9. The molecule has 1 N–H and O–H groups in total. The van der Waals surface area contributed by atoms with Crippen molar-refractivity contribution in [1.82, 2.24) is 0 Å². The summed E-state index contributed by atoms with van der Waals surface area (Å²) in [7, 11) is -3.70. The number of para-hydroxylation sites is 1. The summed E-state index contributed by atoms with van der Waals surface area (Å²) >= 11 is 0. The molecule has 1 atom stereocenters. The summed E-state index contributed by atoms with van der Waals surface area (Å²) in [5.74, 6) is -1.08. The van der Waals surface area contributed by atoms with Gasteiger partial charge < -0.3 is 5.11 Å². The van der Waals surface area contributed by atoms with E-state index >= 15 is 0 Å². The van der Waals surface area contributed by atoms with Gasteiger partial charge >= 0.3 is 5.97 Å². The molecule has 5 nitrogen and oxygen atoms in total. The fourth-order valence-electron chi connectivity index (χ4n) is 2.79. The quantitative estimate of drug-likeness (QED) is 0.944. The standard InChI is InChI=1S/C16H15NO4S/c1-11-10-13-4-2-3-5-15(13)17(11)22(20,21)14-8-6-12(7-9-14)16(18)19/h2-9,11H,10H2,1H3,(H,18,19). The van der Waals surface area contributed by atoms with Gasteiger partial charge in [0.1, 0.15) is 0 Å². The van der Waals surface area contributed by atoms with Crippen LogP contribution in [-0.2, 0) is 16.4 Å². The molecule has 1 unspecified atom stereocenters. The van der Waals surface area contributed by atoms with E-state index in [2.05, 4.69) is 0 Å². The summed E-state index contributed by atoms with van der Waals surface area (Å²) in [6, 6.07) is 12.6. The van der Waals surface area contributed by atoms with Crippen molar-refractivity contribution in [3.8, 4) is 0 Å². The smallest absolute Gasteiger partial charge is 0.335 e. The Morgan fingerprint density at radius 2 is 1.77 bits per heavy atom. The van der Waals surface area contributed by atoms with E-state index in [1.807, 2.05) is 25.1 Å². The van der Waals surface area contributed by atoms with E-state index < -0.39 is 16.0 Å². The first-order chi connectivity index (χ1) is 10.4. The summed E-state index contributed by atoms with van der Waals surface area (Å²) in [4.78, 5) is 11.0. The minimum Gasteiger partial charge on any atom is -0.478 e. The highest BCUT2D eigenvalue weighted by Crippen LogP contribution is 2.36. The van der Waals surface area contributed by atoms with Gasteiger partial charge in [-0.3, -0.25) is 4.31 Å². The van der Waals surface area contributed by atoms with E-state index in [1.54, 1.807) is 6.07 Å². The highest BCUT2D eigenvalue weighted by atomic mass is 32.2. The largest absolute Gasteiger partial charge is 0.478 e. The van der Waals surface area contributed by atoms with Crippen molar-refractivity contribution in [2.24, 2.45) is 0 Å². The predicted molar refractivity (Wildman–Crippen MR) is 82.7 cm³/mol. The lowest BCUT2D eigenvalue weighted by Gasteiger charge is -2.24. The zero-order valence-corrected chi connectivity index (χ0v) is 12.7. The molecule has 22 heavy (non-hydrogen) atoms. The van der Waals surface area contributed by atoms with Crippen molar-refractivity contribution < 1.29 is 18.3 Å². The molecule has 1 aliphatic heterocycles. The van der Waals surface area contributed by atoms with Crippen LogP contribution in [0.1, 0.15) is 22.8 Å². The molecular formula is C16H15NO4S. The summed E-state index contributed by atoms with van der Waals surface area (Å²) in [5, 5.41) is 8.90. The van der Waals surface area contributed by atoms with Gasteiger partial charge in [0.2, 0.25) is 0 Å². The molecule has 0 saturated heterocycles. The van der Waals surface area contributed by atoms with Crippen LogP contribution in [0.15, 0.2) is 53.4 Å². The summed E-state index contributed by atoms with van der Waals surface area (Å²) in [6.07, 6.45) is 0.669. The molecule has 0 radical (unpaired) electrons. The van der Waals surface area contributed by atoms with E-state index in [4.69, 9.17) is 5.11 Å². The molecule has 114 valence electrons. The third-order valence-electron chi connectivity index (χ3n) is 3.80. The van der Waals surface area contributed by atoms with Crippen molar-refractivity contribution in [1.29, 1.82) is 0 Å². The van der Waals surface area contributed by atoms with Gasteiger partial charge in [-0.05, 0) is 49.2 Å². The van der Waals surface area contributed by atoms with Crippen LogP contribution in [0.5, 0.6) is 0 Å². The van der Waals surface area contributed by atoms with Crippen LogP contribution in [-0.4, -0.2) is 25.5 Å². The molecule has 0 aliphatic carbocycles. The SMILES string of the molecule is CC1Cc2ccccc2N1S(=O)(=O)c1ccc(C(=O)O)cc1. The predicted octanol–water partition coefficient (Wildman–Crippen LogP) is 2.52. The molecule has 1 aliphatic rings. The first-order valence-electron chi connectivity index (χ1n) is 6.87. The molecule has 0 aromatic heterocycles. The van der Waals surface area contributed by atoms with E-state index in [-0.39, 0.29) is 16.5 Å². The summed E-state index contributed by atoms with van der Waals surface area (Å²) in [6.45, 7) is 1.86. The highest BCUT2D eigenvalue weighted by Gasteiger charge is 2.35. The Morgan fingerprint density at radius 3 is 2.41 bits per heavy atom. The maximum atomic E-state index is 12.9. The van der Waals surface area contributed by atoms with Crippen LogP contribution >= 0.6 is 0 Å². The van der Waals surface area contributed by atoms with Crippen LogP contribution in [0, 0.1) is 0 Å². The van der Waals surface area contributed by atoms with Crippen LogP contribution in [0.4, 0.5) is 5.69 Å². The number of anilines is 1. The van der Waals surface area contributed by atoms with E-state index in [0.29, 0.717) is 12.1 Å². The molecule has 6 heteroatoms. The Bertz CT molecular complexity index is 827. The minimum atomic E-state index is -3.70. The highest BCUT2D eigenvalue weighted by molar-refractivity contribution is 7.92. The third kappa shape index (κ3) is 2.25. The molecule has 0 spiro atoms. The number of carbonyl (C=O) groups is 1. The van der Waals surface area contributed by atoms with Gasteiger partial charge in [-0.1, -0.05) is 18.2 Å². The molecule has 2 aromatic rings. The number of rotatable bonds is 3. The Hall–Kier alpha value is -2.34. The topological polar surface area (TPSA) is 74.7 Å². The van der Waals surface area contributed by atoms with Crippen molar-refractivity contribution in [3.05, 3.63) is 59.7 Å². The molecule has 2 aromatic carbocycles. The molecular weight excluding hydrogens is 302 g/mol. The zero-order chi connectivity index (χ0) is 15.9. The van der Waals surface area contributed by atoms with Crippen molar-refractivity contribution in [2.45, 2.75) is 24.3 Å². The number of hydrogen-bond acceptors (Lipinski definition) is 3. The Morgan fingerprint density at radius 1 is 1.14 bits per heavy atom. The van der Waals surface area contributed by atoms with Crippen LogP contribution in [0.25, 0.3) is 0 Å². The van der Waals surface area contributed by atoms with Crippen molar-refractivity contribution in [2.75, 3.05) is 4.31 Å². The Balaban J connectivity index is 2.05. The second kappa shape index (κ2) is 5.14. The maximum Gasteiger partial charge on any atom is 0.335 e. The lowest BCUT2D eigenvalue weighted by atomic mass is 10.1. The lowest BCUT2D eigenvalue weighted by molar-refractivity contribution is 0.0696. The molecule has 0 fully saturated rings. The van der Waals surface area contributed by atoms with Crippen LogP contribution in [0.2, 0.25) is 0 Å². The maximum absolute atomic E-state index is 12.9. The van der Waals surface area contributed by atoms with E-state index in [9.17, 15) is 13.2 Å². The molecule has 0 amide bonds. The van der Waals surface area contributed by atoms with Gasteiger partial charge in [-0.25, -0.2) is 13.2 Å². The van der Waals surface area contributed by atoms with E-state index in [0.717, 1.165) is 5.56 Å². The minimum absolute atomic E-state index is 0.0637. The second-order valence-electron chi connectivity index (χ2n) is 5.31. The van der Waals surface area contributed by atoms with Gasteiger partial charge in [0.05, 0.1) is 16.1 Å². The Labute approximate surface area is 128 Å². The molecule has 0 bridgehead atoms. The van der Waals surface area contributed by atoms with Crippen LogP contribution < -0.4 is 4.31 Å². The number of hydrogen-bond donors (Lipinski definition) is 1. The van der Waals surface area contributed by atoms with Gasteiger partial charge in [0, 0.05) is 6.04 Å². The van der Waals surface area contributed by atoms with Crippen LogP contribution in [0.3, 0.4) is 0 Å². The second-order valence-corrected chi connectivity index (χ2v) is 7.13. The lowest BCUT2D eigenvalue weighted by Crippen LogP contribution is -2.35. The number of fused-ring (bicyclic) bond motifs is 1. The fraction of sp³-hybridized carbons (Fsp3) is 0.188. The molecule has 3 rings (SSSR count). The van der Waals surface area contributed by atoms with Crippen molar-refractivity contribution >= 4 is 21.7 Å². The average molecular weight is 317 g/mol. The van der Waals surface area contributed by atoms with Gasteiger partial charge in [-0.15, -0.1) is 0 Å². The third-order valence-corrected chi connectivity index (χ3v) is 5.75. The number of benzene rings is 2. The van der Waals surface area contributed by atoms with E-state index in [1.165, 1.54) is 28.6 Å². The average Bonchev–Trinajstić information content (AvgIpc) is 2.83. The van der Waals surface area contributed by atoms with Gasteiger partial charge in [0.25, 0.3) is 10.0 Å². The first kappa shape index (κ1) is 14.6. The van der Waals surface area contributed by atoms with Gasteiger partial charge in [0.15, 0.2) is 0 Å². The van der Waals surface area contributed by atoms with Gasteiger partial charge in [-0.2, -0.15) is 0 Å². The summed E-state index contributed by atoms with van der Waals surface area (Å²) < 4.78 is 27.1. The number of carboxylic acid groups (broad SMARTS) is 1. The van der Waals surface area contributed by atoms with Crippen molar-refractivity contribution in [3.63, 3.8) is 0 Å². The fourth-order valence-corrected chi connectivity index (χ4v) is 4.48. The number of sulfonamides is 1. The normalized spacial score (nSPS) is 17.3. The Kier molecular flexibility index (Phi) is 3.41. The number of nitrogens with zero attached hydrogens (tertiary/aromatic N) is 1. The molecule has 0 saturated carbocycles. The summed E-state index contributed by atoms with van der Waals surface area (Å²) in [5.41, 5.74) is 1.76. The monoisotopic (exact) mass is 317 g/mol. The first-order valence-corrected chi connectivity index (χ1v) is 8.31.